The quantitative estimate of drug-likeness (QED) is 0.0318. The van der Waals surface area contributed by atoms with Crippen LogP contribution in [-0.4, -0.2) is 130 Å². The maximum absolute atomic E-state index is 13.8. The largest absolute Gasteiger partial charge is 0.465 e. The van der Waals surface area contributed by atoms with Crippen LogP contribution in [0.1, 0.15) is 233 Å². The van der Waals surface area contributed by atoms with Crippen molar-refractivity contribution in [3.8, 4) is 0 Å². The summed E-state index contributed by atoms with van der Waals surface area (Å²) in [5.41, 5.74) is 0. The number of esters is 6. The van der Waals surface area contributed by atoms with Crippen molar-refractivity contribution in [2.45, 2.75) is 251 Å². The van der Waals surface area contributed by atoms with Gasteiger partial charge in [-0.3, -0.25) is 28.8 Å². The van der Waals surface area contributed by atoms with Crippen LogP contribution in [0.15, 0.2) is 0 Å². The second kappa shape index (κ2) is 42.3. The molecule has 0 aromatic carbocycles. The monoisotopic (exact) mass is 1040 g/mol. The van der Waals surface area contributed by atoms with E-state index in [1.165, 1.54) is 4.90 Å². The summed E-state index contributed by atoms with van der Waals surface area (Å²) >= 11 is 0. The van der Waals surface area contributed by atoms with Crippen LogP contribution < -0.4 is 0 Å². The zero-order valence-electron chi connectivity index (χ0n) is 46.3. The lowest BCUT2D eigenvalue weighted by Crippen LogP contribution is -2.39. The van der Waals surface area contributed by atoms with Gasteiger partial charge in [-0.1, -0.05) is 156 Å². The van der Waals surface area contributed by atoms with Gasteiger partial charge in [-0.25, -0.2) is 4.79 Å². The Kier molecular flexibility index (Phi) is 37.8. The lowest BCUT2D eigenvalue weighted by molar-refractivity contribution is -0.167. The SMILES string of the molecule is CCCCCCCCC(=O)OCC(COC(=O)CCCCCCCC)CC(=O)O[C@H]1CN(C(=O)OC2CCN(C)CC2)C[C@H]1OC(=O)CC(COC(=O)CCCCCCCC)COC(=O)CCCCCCCC. The van der Waals surface area contributed by atoms with E-state index in [-0.39, 0.29) is 84.1 Å². The third-order valence-corrected chi connectivity index (χ3v) is 13.7. The molecule has 0 unspecified atom stereocenters. The number of carbonyl (C=O) groups excluding carboxylic acids is 7. The summed E-state index contributed by atoms with van der Waals surface area (Å²) < 4.78 is 40.3. The van der Waals surface area contributed by atoms with E-state index < -0.39 is 66.0 Å². The first-order chi connectivity index (χ1) is 35.4. The molecule has 2 aliphatic heterocycles. The number of ether oxygens (including phenoxy) is 7. The Balaban J connectivity index is 2.19. The second-order valence-corrected chi connectivity index (χ2v) is 20.8. The van der Waals surface area contributed by atoms with E-state index in [1.54, 1.807) is 0 Å². The van der Waals surface area contributed by atoms with Gasteiger partial charge in [-0.15, -0.1) is 0 Å². The Labute approximate surface area is 440 Å². The summed E-state index contributed by atoms with van der Waals surface area (Å²) in [6, 6.07) is 0. The number of likely N-dealkylation sites (tertiary alicyclic amines) is 2. The van der Waals surface area contributed by atoms with Gasteiger partial charge in [0, 0.05) is 50.6 Å². The normalized spacial score (nSPS) is 16.1. The molecule has 0 aromatic heterocycles. The Morgan fingerprint density at radius 2 is 0.685 bits per heavy atom. The van der Waals surface area contributed by atoms with Crippen molar-refractivity contribution >= 4 is 41.9 Å². The summed E-state index contributed by atoms with van der Waals surface area (Å²) in [6.07, 6.45) is 22.8. The van der Waals surface area contributed by atoms with Gasteiger partial charge in [0.25, 0.3) is 0 Å². The van der Waals surface area contributed by atoms with Gasteiger partial charge in [-0.2, -0.15) is 0 Å². The first-order valence-corrected chi connectivity index (χ1v) is 29.0. The molecule has 0 aromatic rings. The minimum absolute atomic E-state index is 0.115. The number of piperidine rings is 1. The van der Waals surface area contributed by atoms with Gasteiger partial charge in [0.15, 0.2) is 12.2 Å². The number of carbonyl (C=O) groups is 7. The molecule has 0 radical (unpaired) electrons. The molecule has 73 heavy (non-hydrogen) atoms. The van der Waals surface area contributed by atoms with E-state index in [0.29, 0.717) is 38.5 Å². The molecule has 0 spiro atoms. The lowest BCUT2D eigenvalue weighted by Gasteiger charge is -2.29. The topological polar surface area (TPSA) is 191 Å². The fraction of sp³-hybridized carbons (Fsp3) is 0.877. The van der Waals surface area contributed by atoms with Crippen molar-refractivity contribution in [1.29, 1.82) is 0 Å². The third kappa shape index (κ3) is 33.6. The second-order valence-electron chi connectivity index (χ2n) is 20.8. The van der Waals surface area contributed by atoms with Crippen LogP contribution >= 0.6 is 0 Å². The molecule has 2 fully saturated rings. The van der Waals surface area contributed by atoms with Crippen molar-refractivity contribution in [1.82, 2.24) is 9.80 Å². The summed E-state index contributed by atoms with van der Waals surface area (Å²) in [5, 5.41) is 0. The molecule has 2 atom stereocenters. The molecule has 0 saturated carbocycles. The standard InChI is InChI=1S/C57H100N2O14/c1-6-10-14-18-22-26-30-51(60)67-42-46(43-68-52(61)31-27-23-19-15-11-7-2)38-55(64)72-49-40-59(57(66)71-48-34-36-58(5)37-35-48)41-50(49)73-56(65)39-47(44-69-53(62)32-28-24-20-16-12-8-3)45-70-54(63)33-29-25-21-17-13-9-4/h46-50H,6-45H2,1-5H3/t49-,50+. The summed E-state index contributed by atoms with van der Waals surface area (Å²) in [7, 11) is 2.01. The van der Waals surface area contributed by atoms with Crippen LogP contribution in [-0.2, 0) is 61.9 Å². The van der Waals surface area contributed by atoms with E-state index >= 15 is 0 Å². The summed E-state index contributed by atoms with van der Waals surface area (Å²) in [4.78, 5) is 95.9. The highest BCUT2D eigenvalue weighted by molar-refractivity contribution is 5.74. The molecule has 1 amide bonds. The molecule has 0 bridgehead atoms. The van der Waals surface area contributed by atoms with Crippen LogP contribution in [0.5, 0.6) is 0 Å². The Bertz CT molecular complexity index is 1360. The maximum atomic E-state index is 13.8. The number of rotatable bonds is 43. The number of amides is 1. The molecule has 2 rings (SSSR count). The molecular formula is C57H100N2O14. The highest BCUT2D eigenvalue weighted by atomic mass is 16.6. The van der Waals surface area contributed by atoms with Crippen LogP contribution in [0.4, 0.5) is 4.79 Å². The smallest absolute Gasteiger partial charge is 0.410 e. The molecule has 0 N–H and O–H groups in total. The average molecular weight is 1040 g/mol. The molecule has 0 aliphatic carbocycles. The van der Waals surface area contributed by atoms with Crippen LogP contribution in [0.3, 0.4) is 0 Å². The molecule has 2 saturated heterocycles. The van der Waals surface area contributed by atoms with Gasteiger partial charge in [0.05, 0.1) is 52.4 Å². The van der Waals surface area contributed by atoms with E-state index in [1.807, 2.05) is 7.05 Å². The van der Waals surface area contributed by atoms with Gasteiger partial charge in [-0.05, 0) is 45.6 Å². The molecular weight excluding hydrogens is 937 g/mol. The lowest BCUT2D eigenvalue weighted by atomic mass is 10.1. The zero-order valence-corrected chi connectivity index (χ0v) is 46.3. The van der Waals surface area contributed by atoms with E-state index in [2.05, 4.69) is 32.6 Å². The Hall–Kier alpha value is -3.95. The average Bonchev–Trinajstić information content (AvgIpc) is 3.76. The van der Waals surface area contributed by atoms with Crippen LogP contribution in [0.25, 0.3) is 0 Å². The Morgan fingerprint density at radius 3 is 0.986 bits per heavy atom. The molecule has 16 heteroatoms. The zero-order chi connectivity index (χ0) is 53.3. The molecule has 16 nitrogen and oxygen atoms in total. The highest BCUT2D eigenvalue weighted by Crippen LogP contribution is 2.24. The van der Waals surface area contributed by atoms with Crippen molar-refractivity contribution in [3.63, 3.8) is 0 Å². The highest BCUT2D eigenvalue weighted by Gasteiger charge is 2.42. The van der Waals surface area contributed by atoms with Crippen molar-refractivity contribution in [3.05, 3.63) is 0 Å². The fourth-order valence-electron chi connectivity index (χ4n) is 9.01. The van der Waals surface area contributed by atoms with Crippen molar-refractivity contribution in [2.75, 3.05) is 59.7 Å². The van der Waals surface area contributed by atoms with Gasteiger partial charge in [0.2, 0.25) is 0 Å². The maximum Gasteiger partial charge on any atom is 0.410 e. The van der Waals surface area contributed by atoms with Gasteiger partial charge >= 0.3 is 41.9 Å². The first-order valence-electron chi connectivity index (χ1n) is 29.0. The minimum Gasteiger partial charge on any atom is -0.465 e. The number of hydrogen-bond acceptors (Lipinski definition) is 15. The first kappa shape index (κ1) is 65.2. The van der Waals surface area contributed by atoms with E-state index in [4.69, 9.17) is 33.2 Å². The van der Waals surface area contributed by atoms with Gasteiger partial charge in [0.1, 0.15) is 6.10 Å². The van der Waals surface area contributed by atoms with E-state index in [0.717, 1.165) is 142 Å². The Morgan fingerprint density at radius 1 is 0.397 bits per heavy atom. The number of hydrogen-bond donors (Lipinski definition) is 0. The number of nitrogens with zero attached hydrogens (tertiary/aromatic N) is 2. The van der Waals surface area contributed by atoms with Crippen LogP contribution in [0, 0.1) is 11.8 Å². The number of unbranched alkanes of at least 4 members (excludes halogenated alkanes) is 20. The van der Waals surface area contributed by atoms with E-state index in [9.17, 15) is 33.6 Å². The molecule has 2 heterocycles. The van der Waals surface area contributed by atoms with Crippen LogP contribution in [0.2, 0.25) is 0 Å². The van der Waals surface area contributed by atoms with Crippen molar-refractivity contribution < 1.29 is 66.7 Å². The predicted octanol–water partition coefficient (Wildman–Crippen LogP) is 11.5. The molecule has 422 valence electrons. The fourth-order valence-corrected chi connectivity index (χ4v) is 9.01. The van der Waals surface area contributed by atoms with Gasteiger partial charge < -0.3 is 43.0 Å². The molecule has 2 aliphatic rings. The van der Waals surface area contributed by atoms with Crippen molar-refractivity contribution in [2.24, 2.45) is 11.8 Å². The predicted molar refractivity (Wildman–Crippen MR) is 280 cm³/mol. The summed E-state index contributed by atoms with van der Waals surface area (Å²) in [5.74, 6) is -4.44. The summed E-state index contributed by atoms with van der Waals surface area (Å²) in [6.45, 7) is 9.25. The minimum atomic E-state index is -1.09. The third-order valence-electron chi connectivity index (χ3n) is 13.7.